The van der Waals surface area contributed by atoms with Gasteiger partial charge in [0.05, 0.1) is 16.6 Å². The summed E-state index contributed by atoms with van der Waals surface area (Å²) in [4.78, 5) is 29.2. The van der Waals surface area contributed by atoms with Crippen LogP contribution in [0.25, 0.3) is 11.1 Å². The van der Waals surface area contributed by atoms with Crippen molar-refractivity contribution >= 4 is 28.6 Å². The summed E-state index contributed by atoms with van der Waals surface area (Å²) in [6.45, 7) is 6.32. The van der Waals surface area contributed by atoms with Crippen molar-refractivity contribution in [3.63, 3.8) is 0 Å². The molecule has 0 atom stereocenters. The average Bonchev–Trinajstić information content (AvgIpc) is 3.43. The lowest BCUT2D eigenvalue weighted by molar-refractivity contribution is 0.0996. The number of nitrogens with one attached hydrogen (secondary N) is 1. The molecular weight excluding hydrogens is 368 g/mol. The number of nitrogens with two attached hydrogens (primary N) is 1. The Morgan fingerprint density at radius 1 is 1.24 bits per heavy atom. The third-order valence-corrected chi connectivity index (χ3v) is 4.88. The number of pyridine rings is 1. The van der Waals surface area contributed by atoms with Crippen LogP contribution in [0, 0.1) is 5.41 Å². The molecule has 1 saturated carbocycles. The molecule has 29 heavy (non-hydrogen) atoms. The molecule has 2 amide bonds. The summed E-state index contributed by atoms with van der Waals surface area (Å²) in [6.07, 6.45) is 2.77. The van der Waals surface area contributed by atoms with Gasteiger partial charge in [0.1, 0.15) is 0 Å². The molecular formula is C22H24N4O3. The Labute approximate surface area is 168 Å². The number of benzene rings is 1. The number of hydrogen-bond donors (Lipinski definition) is 2. The van der Waals surface area contributed by atoms with E-state index in [1.54, 1.807) is 24.3 Å². The lowest BCUT2D eigenvalue weighted by atomic mass is 9.89. The van der Waals surface area contributed by atoms with Crippen LogP contribution >= 0.6 is 0 Å². The van der Waals surface area contributed by atoms with Crippen molar-refractivity contribution in [2.24, 2.45) is 11.1 Å². The summed E-state index contributed by atoms with van der Waals surface area (Å²) >= 11 is 0. The number of primary amides is 1. The van der Waals surface area contributed by atoms with E-state index in [0.29, 0.717) is 40.3 Å². The second-order valence-corrected chi connectivity index (χ2v) is 8.81. The monoisotopic (exact) mass is 392 g/mol. The maximum absolute atomic E-state index is 13.2. The Hall–Kier alpha value is -3.22. The zero-order valence-electron chi connectivity index (χ0n) is 16.8. The summed E-state index contributed by atoms with van der Waals surface area (Å²) in [5.41, 5.74) is 8.60. The van der Waals surface area contributed by atoms with Gasteiger partial charge in [0.25, 0.3) is 11.6 Å². The van der Waals surface area contributed by atoms with Gasteiger partial charge in [-0.3, -0.25) is 9.59 Å². The standard InChI is InChI=1S/C22H24N4O3/c1-22(2,3)11-17-18-15(10-16(12-7-8-12)25-21(18)29-26-17)20(28)24-14-6-4-5-13(9-14)19(23)27/h4-6,9-10,12H,7-8,11H2,1-3H3,(H2,23,27)(H,24,28). The third kappa shape index (κ3) is 4.13. The number of amides is 2. The molecule has 2 aromatic heterocycles. The molecule has 0 unspecified atom stereocenters. The van der Waals surface area contributed by atoms with Crippen LogP contribution in [0.1, 0.15) is 71.6 Å². The quantitative estimate of drug-likeness (QED) is 0.681. The lowest BCUT2D eigenvalue weighted by Gasteiger charge is -2.16. The van der Waals surface area contributed by atoms with Gasteiger partial charge in [-0.15, -0.1) is 0 Å². The maximum atomic E-state index is 13.2. The van der Waals surface area contributed by atoms with E-state index in [1.165, 1.54) is 0 Å². The summed E-state index contributed by atoms with van der Waals surface area (Å²) in [5.74, 6) is -0.477. The Morgan fingerprint density at radius 3 is 2.66 bits per heavy atom. The van der Waals surface area contributed by atoms with Gasteiger partial charge in [-0.1, -0.05) is 32.0 Å². The number of rotatable bonds is 5. The van der Waals surface area contributed by atoms with Crippen LogP contribution in [-0.2, 0) is 6.42 Å². The lowest BCUT2D eigenvalue weighted by Crippen LogP contribution is -2.16. The summed E-state index contributed by atoms with van der Waals surface area (Å²) < 4.78 is 5.50. The molecule has 1 fully saturated rings. The molecule has 2 heterocycles. The molecule has 0 aliphatic heterocycles. The minimum atomic E-state index is -0.546. The minimum Gasteiger partial charge on any atom is -0.366 e. The second kappa shape index (κ2) is 6.99. The van der Waals surface area contributed by atoms with Gasteiger partial charge < -0.3 is 15.6 Å². The Kier molecular flexibility index (Phi) is 4.61. The van der Waals surface area contributed by atoms with Gasteiger partial charge in [0.2, 0.25) is 5.91 Å². The number of carbonyl (C=O) groups excluding carboxylic acids is 2. The van der Waals surface area contributed by atoms with Crippen molar-refractivity contribution in [3.05, 3.63) is 52.8 Å². The Balaban J connectivity index is 1.76. The highest BCUT2D eigenvalue weighted by Crippen LogP contribution is 2.41. The highest BCUT2D eigenvalue weighted by Gasteiger charge is 2.30. The zero-order chi connectivity index (χ0) is 20.8. The van der Waals surface area contributed by atoms with E-state index >= 15 is 0 Å². The van der Waals surface area contributed by atoms with Crippen LogP contribution in [0.4, 0.5) is 5.69 Å². The first-order valence-electron chi connectivity index (χ1n) is 9.72. The summed E-state index contributed by atoms with van der Waals surface area (Å²) in [7, 11) is 0. The van der Waals surface area contributed by atoms with Gasteiger partial charge in [-0.25, -0.2) is 4.98 Å². The van der Waals surface area contributed by atoms with Crippen molar-refractivity contribution in [1.82, 2.24) is 10.1 Å². The molecule has 7 nitrogen and oxygen atoms in total. The van der Waals surface area contributed by atoms with E-state index in [0.717, 1.165) is 24.2 Å². The number of fused-ring (bicyclic) bond motifs is 1. The second-order valence-electron chi connectivity index (χ2n) is 8.81. The smallest absolute Gasteiger partial charge is 0.259 e. The van der Waals surface area contributed by atoms with Crippen molar-refractivity contribution in [3.8, 4) is 0 Å². The van der Waals surface area contributed by atoms with Crippen LogP contribution in [0.5, 0.6) is 0 Å². The first kappa shape index (κ1) is 19.1. The van der Waals surface area contributed by atoms with Gasteiger partial charge in [0.15, 0.2) is 0 Å². The third-order valence-electron chi connectivity index (χ3n) is 4.88. The number of aromatic nitrogens is 2. The molecule has 0 radical (unpaired) electrons. The topological polar surface area (TPSA) is 111 Å². The predicted molar refractivity (Wildman–Crippen MR) is 110 cm³/mol. The van der Waals surface area contributed by atoms with Crippen LogP contribution in [-0.4, -0.2) is 22.0 Å². The molecule has 0 spiro atoms. The molecule has 3 aromatic rings. The van der Waals surface area contributed by atoms with E-state index in [4.69, 9.17) is 10.3 Å². The number of nitrogens with zero attached hydrogens (tertiary/aromatic N) is 2. The van der Waals surface area contributed by atoms with Gasteiger partial charge in [-0.05, 0) is 48.9 Å². The number of anilines is 1. The minimum absolute atomic E-state index is 0.0253. The fourth-order valence-corrected chi connectivity index (χ4v) is 3.37. The SMILES string of the molecule is CC(C)(C)Cc1noc2nc(C3CC3)cc(C(=O)Nc3cccc(C(N)=O)c3)c12. The number of hydrogen-bond acceptors (Lipinski definition) is 5. The Bertz CT molecular complexity index is 1110. The van der Waals surface area contributed by atoms with Crippen LogP contribution in [0.3, 0.4) is 0 Å². The average molecular weight is 392 g/mol. The van der Waals surface area contributed by atoms with Crippen LogP contribution in [0.15, 0.2) is 34.9 Å². The van der Waals surface area contributed by atoms with E-state index in [9.17, 15) is 9.59 Å². The highest BCUT2D eigenvalue weighted by atomic mass is 16.5. The van der Waals surface area contributed by atoms with Crippen LogP contribution in [0.2, 0.25) is 0 Å². The van der Waals surface area contributed by atoms with Crippen molar-refractivity contribution in [2.45, 2.75) is 46.0 Å². The molecule has 1 aliphatic carbocycles. The van der Waals surface area contributed by atoms with Crippen molar-refractivity contribution in [1.29, 1.82) is 0 Å². The number of carbonyl (C=O) groups is 2. The molecule has 0 bridgehead atoms. The van der Waals surface area contributed by atoms with Crippen LogP contribution < -0.4 is 11.1 Å². The summed E-state index contributed by atoms with van der Waals surface area (Å²) in [6, 6.07) is 8.40. The summed E-state index contributed by atoms with van der Waals surface area (Å²) in [5, 5.41) is 7.72. The van der Waals surface area contributed by atoms with Gasteiger partial charge >= 0.3 is 0 Å². The van der Waals surface area contributed by atoms with Gasteiger partial charge in [0, 0.05) is 22.9 Å². The molecule has 3 N–H and O–H groups in total. The van der Waals surface area contributed by atoms with E-state index in [1.807, 2.05) is 6.07 Å². The highest BCUT2D eigenvalue weighted by molar-refractivity contribution is 6.12. The Morgan fingerprint density at radius 2 is 2.00 bits per heavy atom. The fraction of sp³-hybridized carbons (Fsp3) is 0.364. The molecule has 0 saturated heterocycles. The van der Waals surface area contributed by atoms with Crippen molar-refractivity contribution < 1.29 is 14.1 Å². The first-order chi connectivity index (χ1) is 13.7. The molecule has 4 rings (SSSR count). The molecule has 1 aromatic carbocycles. The largest absolute Gasteiger partial charge is 0.366 e. The molecule has 1 aliphatic rings. The predicted octanol–water partition coefficient (Wildman–Crippen LogP) is 4.04. The molecule has 150 valence electrons. The first-order valence-corrected chi connectivity index (χ1v) is 9.72. The van der Waals surface area contributed by atoms with Gasteiger partial charge in [-0.2, -0.15) is 0 Å². The van der Waals surface area contributed by atoms with E-state index in [2.05, 4.69) is 36.2 Å². The van der Waals surface area contributed by atoms with E-state index < -0.39 is 5.91 Å². The van der Waals surface area contributed by atoms with Crippen molar-refractivity contribution in [2.75, 3.05) is 5.32 Å². The normalized spacial score (nSPS) is 14.2. The molecule has 7 heteroatoms. The maximum Gasteiger partial charge on any atom is 0.259 e. The van der Waals surface area contributed by atoms with E-state index in [-0.39, 0.29) is 11.3 Å². The zero-order valence-corrected chi connectivity index (χ0v) is 16.8. The fourth-order valence-electron chi connectivity index (χ4n) is 3.37.